The topological polar surface area (TPSA) is 166 Å². The molecule has 3 aromatic carbocycles. The van der Waals surface area contributed by atoms with Crippen molar-refractivity contribution < 1.29 is 27.3 Å². The normalized spacial score (nSPS) is 18.6. The number of anilines is 2. The average Bonchev–Trinajstić information content (AvgIpc) is 3.91. The largest absolute Gasteiger partial charge is 0.438 e. The molecule has 0 unspecified atom stereocenters. The van der Waals surface area contributed by atoms with Crippen molar-refractivity contribution in [1.29, 1.82) is 0 Å². The minimum Gasteiger partial charge on any atom is -0.438 e. The molecular formula is C45H50ClFN8O6S. The number of hydrogen-bond donors (Lipinski definition) is 3. The van der Waals surface area contributed by atoms with Crippen LogP contribution in [0.25, 0.3) is 16.6 Å². The monoisotopic (exact) mass is 884 g/mol. The number of rotatable bonds is 14. The van der Waals surface area contributed by atoms with Gasteiger partial charge >= 0.3 is 0 Å². The van der Waals surface area contributed by atoms with Crippen molar-refractivity contribution in [2.75, 3.05) is 69.2 Å². The second-order valence-electron chi connectivity index (χ2n) is 17.0. The first kappa shape index (κ1) is 43.1. The van der Waals surface area contributed by atoms with Gasteiger partial charge in [0.05, 0.1) is 26.4 Å². The van der Waals surface area contributed by atoms with E-state index in [2.05, 4.69) is 55.8 Å². The van der Waals surface area contributed by atoms with E-state index in [1.807, 2.05) is 17.0 Å². The first-order valence-electron chi connectivity index (χ1n) is 20.8. The van der Waals surface area contributed by atoms with Crippen LogP contribution in [0, 0.1) is 15.5 Å². The fourth-order valence-corrected chi connectivity index (χ4v) is 9.76. The summed E-state index contributed by atoms with van der Waals surface area (Å²) in [6.07, 6.45) is 5.57. The molecule has 4 heterocycles. The molecule has 14 nitrogen and oxygen atoms in total. The van der Waals surface area contributed by atoms with Crippen LogP contribution < -0.4 is 19.7 Å². The molecule has 1 amide bonds. The summed E-state index contributed by atoms with van der Waals surface area (Å²) in [6, 6.07) is 21.6. The quantitative estimate of drug-likeness (QED) is 0.0726. The highest BCUT2D eigenvalue weighted by Gasteiger charge is 2.31. The summed E-state index contributed by atoms with van der Waals surface area (Å²) in [5.41, 5.74) is 6.12. The lowest BCUT2D eigenvalue weighted by molar-refractivity contribution is -0.384. The highest BCUT2D eigenvalue weighted by molar-refractivity contribution is 7.90. The molecule has 3 N–H and O–H groups in total. The van der Waals surface area contributed by atoms with E-state index in [-0.39, 0.29) is 40.9 Å². The molecule has 2 aromatic heterocycles. The maximum absolute atomic E-state index is 13.9. The number of carbonyl (C=O) groups excluding carboxylic acids is 1. The van der Waals surface area contributed by atoms with Crippen molar-refractivity contribution in [3.8, 4) is 11.6 Å². The second-order valence-corrected chi connectivity index (χ2v) is 19.1. The number of nitro benzene ring substituents is 1. The van der Waals surface area contributed by atoms with Gasteiger partial charge in [-0.15, -0.1) is 0 Å². The summed E-state index contributed by atoms with van der Waals surface area (Å²) in [5.74, 6) is -0.694. The Bertz CT molecular complexity index is 2610. The molecule has 8 rings (SSSR count). The standard InChI is InChI=1S/C45H50ClFN8O6S/c1-45(2)16-13-31(37(27-45)30-3-5-32(46)6-4-30)28-53-21-23-54(24-22-53)34-7-9-36(42(25-34)61-43-12-11-38-39(50-43)14-18-48-38)44(56)51-62(59,60)35-8-10-40(41(26-35)55(57)58)49-33-15-19-52(29-33)20-17-47/h3-12,14,18,25-26,33,48-49H,13,15-17,19-24,27-29H2,1-2H3,(H,51,56)/t33-/m1/s1. The minimum atomic E-state index is -4.60. The minimum absolute atomic E-state index is 0.0688. The van der Waals surface area contributed by atoms with Crippen LogP contribution in [0.15, 0.2) is 95.5 Å². The highest BCUT2D eigenvalue weighted by atomic mass is 35.5. The van der Waals surface area contributed by atoms with Crippen LogP contribution in [0.5, 0.6) is 11.6 Å². The Balaban J connectivity index is 1.00. The number of amides is 1. The summed E-state index contributed by atoms with van der Waals surface area (Å²) >= 11 is 6.24. The van der Waals surface area contributed by atoms with Gasteiger partial charge in [0.25, 0.3) is 21.6 Å². The Kier molecular flexibility index (Phi) is 12.5. The van der Waals surface area contributed by atoms with Crippen LogP contribution in [0.4, 0.5) is 21.5 Å². The van der Waals surface area contributed by atoms with E-state index < -0.39 is 38.1 Å². The lowest BCUT2D eigenvalue weighted by Gasteiger charge is -2.39. The van der Waals surface area contributed by atoms with Gasteiger partial charge in [-0.05, 0) is 90.8 Å². The number of hydrogen-bond acceptors (Lipinski definition) is 11. The second kappa shape index (κ2) is 18.0. The third-order valence-corrected chi connectivity index (χ3v) is 13.7. The number of sulfonamides is 1. The van der Waals surface area contributed by atoms with Gasteiger partial charge in [-0.3, -0.25) is 24.7 Å². The number of carbonyl (C=O) groups is 1. The number of nitro groups is 1. The molecular weight excluding hydrogens is 835 g/mol. The Morgan fingerprint density at radius 1 is 1.02 bits per heavy atom. The van der Waals surface area contributed by atoms with Crippen LogP contribution in [0.2, 0.25) is 5.02 Å². The number of H-pyrrole nitrogens is 1. The van der Waals surface area contributed by atoms with E-state index in [0.717, 1.165) is 61.2 Å². The summed E-state index contributed by atoms with van der Waals surface area (Å²) in [4.78, 5) is 39.1. The number of aromatic amines is 1. The van der Waals surface area contributed by atoms with E-state index in [1.54, 1.807) is 36.5 Å². The zero-order valence-electron chi connectivity index (χ0n) is 34.7. The van der Waals surface area contributed by atoms with E-state index >= 15 is 0 Å². The molecule has 1 aliphatic carbocycles. The number of piperazine rings is 1. The summed E-state index contributed by atoms with van der Waals surface area (Å²) < 4.78 is 48.6. The van der Waals surface area contributed by atoms with Gasteiger partial charge in [-0.25, -0.2) is 22.5 Å². The van der Waals surface area contributed by atoms with Crippen LogP contribution in [0.1, 0.15) is 55.5 Å². The summed E-state index contributed by atoms with van der Waals surface area (Å²) in [5, 5.41) is 15.9. The van der Waals surface area contributed by atoms with Gasteiger partial charge in [-0.1, -0.05) is 43.2 Å². The average molecular weight is 885 g/mol. The maximum atomic E-state index is 13.9. The molecule has 62 heavy (non-hydrogen) atoms. The predicted octanol–water partition coefficient (Wildman–Crippen LogP) is 8.28. The first-order chi connectivity index (χ1) is 29.7. The Hall–Kier alpha value is -5.55. The maximum Gasteiger partial charge on any atom is 0.293 e. The molecule has 0 spiro atoms. The van der Waals surface area contributed by atoms with Gasteiger partial charge in [-0.2, -0.15) is 0 Å². The number of alkyl halides is 1. The lowest BCUT2D eigenvalue weighted by atomic mass is 9.72. The molecule has 0 radical (unpaired) electrons. The number of benzene rings is 3. The van der Waals surface area contributed by atoms with Crippen LogP contribution in [-0.4, -0.2) is 104 Å². The molecule has 326 valence electrons. The number of halogens is 2. The number of aromatic nitrogens is 2. The molecule has 2 fully saturated rings. The van der Waals surface area contributed by atoms with E-state index in [0.29, 0.717) is 38.1 Å². The number of fused-ring (bicyclic) bond motifs is 1. The van der Waals surface area contributed by atoms with Gasteiger partial charge in [0.1, 0.15) is 18.1 Å². The van der Waals surface area contributed by atoms with Crippen LogP contribution in [-0.2, 0) is 10.0 Å². The molecule has 2 aliphatic heterocycles. The fraction of sp³-hybridized carbons (Fsp3) is 0.378. The van der Waals surface area contributed by atoms with Crippen LogP contribution in [0.3, 0.4) is 0 Å². The van der Waals surface area contributed by atoms with Crippen molar-refractivity contribution in [3.05, 3.63) is 117 Å². The van der Waals surface area contributed by atoms with Gasteiger partial charge in [0.15, 0.2) is 0 Å². The van der Waals surface area contributed by atoms with E-state index in [1.165, 1.54) is 34.9 Å². The number of likely N-dealkylation sites (tertiary alicyclic amines) is 1. The van der Waals surface area contributed by atoms with Crippen molar-refractivity contribution >= 4 is 61.2 Å². The fourth-order valence-electron chi connectivity index (χ4n) is 8.64. The molecule has 17 heteroatoms. The van der Waals surface area contributed by atoms with Crippen molar-refractivity contribution in [1.82, 2.24) is 24.5 Å². The van der Waals surface area contributed by atoms with Crippen LogP contribution >= 0.6 is 11.6 Å². The first-order valence-corrected chi connectivity index (χ1v) is 22.7. The zero-order chi connectivity index (χ0) is 43.6. The number of nitrogens with zero attached hydrogens (tertiary/aromatic N) is 5. The molecule has 3 aliphatic rings. The summed E-state index contributed by atoms with van der Waals surface area (Å²) in [6.45, 7) is 9.48. The highest BCUT2D eigenvalue weighted by Crippen LogP contribution is 2.43. The third kappa shape index (κ3) is 9.88. The van der Waals surface area contributed by atoms with Crippen molar-refractivity contribution in [3.63, 3.8) is 0 Å². The van der Waals surface area contributed by atoms with Gasteiger partial charge in [0.2, 0.25) is 5.88 Å². The Labute approximate surface area is 365 Å². The lowest BCUT2D eigenvalue weighted by Crippen LogP contribution is -2.47. The predicted molar refractivity (Wildman–Crippen MR) is 239 cm³/mol. The molecule has 0 saturated carbocycles. The van der Waals surface area contributed by atoms with Crippen molar-refractivity contribution in [2.24, 2.45) is 5.41 Å². The number of nitrogens with one attached hydrogen (secondary N) is 3. The SMILES string of the molecule is CC1(C)CCC(CN2CCN(c3ccc(C(=O)NS(=O)(=O)c4ccc(N[C@@H]5CCN(CCF)C5)c([N+](=O)[O-])c4)c(Oc4ccc5[nH]ccc5n4)c3)CC2)=C(c2ccc(Cl)cc2)C1. The number of ether oxygens (including phenoxy) is 1. The van der Waals surface area contributed by atoms with Gasteiger partial charge in [0, 0.05) is 93.5 Å². The van der Waals surface area contributed by atoms with Gasteiger partial charge < -0.3 is 19.9 Å². The molecule has 5 aromatic rings. The third-order valence-electron chi connectivity index (χ3n) is 12.1. The molecule has 0 bridgehead atoms. The Morgan fingerprint density at radius 3 is 2.56 bits per heavy atom. The Morgan fingerprint density at radius 2 is 1.81 bits per heavy atom. The van der Waals surface area contributed by atoms with Crippen molar-refractivity contribution in [2.45, 2.75) is 50.5 Å². The molecule has 1 atom stereocenters. The van der Waals surface area contributed by atoms with E-state index in [4.69, 9.17) is 16.3 Å². The summed E-state index contributed by atoms with van der Waals surface area (Å²) in [7, 11) is -4.60. The molecule has 2 saturated heterocycles. The zero-order valence-corrected chi connectivity index (χ0v) is 36.3. The number of pyridine rings is 1. The van der Waals surface area contributed by atoms with E-state index in [9.17, 15) is 27.7 Å². The number of allylic oxidation sites excluding steroid dienone is 1. The smallest absolute Gasteiger partial charge is 0.293 e.